The number of amides is 3. The van der Waals surface area contributed by atoms with Gasteiger partial charge in [0.05, 0.1) is 18.8 Å². The Kier molecular flexibility index (Phi) is 14.1. The highest BCUT2D eigenvalue weighted by molar-refractivity contribution is 7.98. The fourth-order valence-corrected chi connectivity index (χ4v) is 3.65. The minimum Gasteiger partial charge on any atom is -0.481 e. The van der Waals surface area contributed by atoms with Gasteiger partial charge in [0, 0.05) is 18.3 Å². The number of carbonyl (C=O) groups excluding carboxylic acids is 3. The number of aliphatic carboxylic acids is 2. The van der Waals surface area contributed by atoms with E-state index in [2.05, 4.69) is 25.9 Å². The molecule has 15 heteroatoms. The van der Waals surface area contributed by atoms with E-state index in [9.17, 15) is 29.1 Å². The van der Waals surface area contributed by atoms with Gasteiger partial charge in [-0.15, -0.1) is 0 Å². The van der Waals surface area contributed by atoms with Crippen LogP contribution in [0.1, 0.15) is 37.8 Å². The highest BCUT2D eigenvalue weighted by Gasteiger charge is 2.31. The van der Waals surface area contributed by atoms with Crippen molar-refractivity contribution >= 4 is 41.4 Å². The van der Waals surface area contributed by atoms with Crippen LogP contribution in [0.2, 0.25) is 0 Å². The van der Waals surface area contributed by atoms with E-state index < -0.39 is 60.2 Å². The zero-order valence-corrected chi connectivity index (χ0v) is 20.9. The van der Waals surface area contributed by atoms with Crippen molar-refractivity contribution in [1.82, 2.24) is 25.9 Å². The second kappa shape index (κ2) is 16.5. The minimum absolute atomic E-state index is 0.0285. The first kappa shape index (κ1) is 30.9. The fraction of sp³-hybridized carbons (Fsp3) is 0.619. The standard InChI is InChI=1S/C21H35N7O7S/c1-36-7-5-13(23)18(31)27-15(8-12-10-24-11-25-12)20(33)26-14(4-2-3-6-22)19(32)28-16(21(34)35)9-17(29)30/h10-11,13-16H,2-9,22-23H2,1H3,(H,24,25)(H,26,33)(H,27,31)(H,28,32)(H,29,30)(H,34,35). The molecule has 0 spiro atoms. The fourth-order valence-electron chi connectivity index (χ4n) is 3.16. The summed E-state index contributed by atoms with van der Waals surface area (Å²) in [6.07, 6.45) is 5.45. The molecule has 202 valence electrons. The monoisotopic (exact) mass is 529 g/mol. The summed E-state index contributed by atoms with van der Waals surface area (Å²) in [5, 5.41) is 25.5. The molecule has 10 N–H and O–H groups in total. The molecule has 3 amide bonds. The van der Waals surface area contributed by atoms with Crippen molar-refractivity contribution in [2.75, 3.05) is 18.6 Å². The number of nitrogens with one attached hydrogen (secondary N) is 4. The normalized spacial score (nSPS) is 14.2. The van der Waals surface area contributed by atoms with Crippen molar-refractivity contribution < 1.29 is 34.2 Å². The summed E-state index contributed by atoms with van der Waals surface area (Å²) in [5.41, 5.74) is 12.0. The van der Waals surface area contributed by atoms with Crippen molar-refractivity contribution in [3.8, 4) is 0 Å². The second-order valence-electron chi connectivity index (χ2n) is 8.07. The molecule has 0 saturated carbocycles. The lowest BCUT2D eigenvalue weighted by Gasteiger charge is -2.25. The maximum Gasteiger partial charge on any atom is 0.326 e. The number of imidazole rings is 1. The zero-order valence-electron chi connectivity index (χ0n) is 20.1. The van der Waals surface area contributed by atoms with Gasteiger partial charge in [0.1, 0.15) is 18.1 Å². The predicted octanol–water partition coefficient (Wildman–Crippen LogP) is -1.82. The first-order chi connectivity index (χ1) is 17.1. The molecule has 1 aromatic rings. The Labute approximate surface area is 212 Å². The van der Waals surface area contributed by atoms with Crippen LogP contribution in [0.15, 0.2) is 12.5 Å². The molecular weight excluding hydrogens is 494 g/mol. The van der Waals surface area contributed by atoms with E-state index in [-0.39, 0.29) is 12.8 Å². The topological polar surface area (TPSA) is 243 Å². The molecule has 1 heterocycles. The predicted molar refractivity (Wildman–Crippen MR) is 132 cm³/mol. The molecule has 0 saturated heterocycles. The lowest BCUT2D eigenvalue weighted by molar-refractivity contribution is -0.147. The summed E-state index contributed by atoms with van der Waals surface area (Å²) in [6, 6.07) is -4.83. The van der Waals surface area contributed by atoms with Crippen molar-refractivity contribution in [2.24, 2.45) is 11.5 Å². The SMILES string of the molecule is CSCCC(N)C(=O)NC(Cc1cnc[nH]1)C(=O)NC(CCCCN)C(=O)NC(CC(=O)O)C(=O)O. The van der Waals surface area contributed by atoms with Crippen LogP contribution in [0.4, 0.5) is 0 Å². The summed E-state index contributed by atoms with van der Waals surface area (Å²) < 4.78 is 0. The maximum atomic E-state index is 13.2. The van der Waals surface area contributed by atoms with Crippen LogP contribution in [0.5, 0.6) is 0 Å². The van der Waals surface area contributed by atoms with Crippen LogP contribution < -0.4 is 27.4 Å². The van der Waals surface area contributed by atoms with Crippen LogP contribution >= 0.6 is 11.8 Å². The van der Waals surface area contributed by atoms with Crippen molar-refractivity contribution in [3.05, 3.63) is 18.2 Å². The van der Waals surface area contributed by atoms with Gasteiger partial charge in [-0.25, -0.2) is 9.78 Å². The molecule has 4 unspecified atom stereocenters. The minimum atomic E-state index is -1.68. The molecule has 0 fully saturated rings. The van der Waals surface area contributed by atoms with Crippen LogP contribution in [0.25, 0.3) is 0 Å². The third kappa shape index (κ3) is 11.5. The summed E-state index contributed by atoms with van der Waals surface area (Å²) in [6.45, 7) is 0.339. The molecule has 1 aromatic heterocycles. The van der Waals surface area contributed by atoms with E-state index in [1.807, 2.05) is 6.26 Å². The number of thioether (sulfide) groups is 1. The number of unbranched alkanes of at least 4 members (excludes halogenated alkanes) is 1. The quantitative estimate of drug-likeness (QED) is 0.0983. The van der Waals surface area contributed by atoms with Gasteiger partial charge in [-0.05, 0) is 44.2 Å². The molecule has 0 aliphatic rings. The molecule has 14 nitrogen and oxygen atoms in total. The smallest absolute Gasteiger partial charge is 0.326 e. The van der Waals surface area contributed by atoms with Crippen LogP contribution in [0.3, 0.4) is 0 Å². The van der Waals surface area contributed by atoms with Crippen molar-refractivity contribution in [3.63, 3.8) is 0 Å². The van der Waals surface area contributed by atoms with Gasteiger partial charge in [0.25, 0.3) is 0 Å². The lowest BCUT2D eigenvalue weighted by atomic mass is 10.0. The number of carbonyl (C=O) groups is 5. The van der Waals surface area contributed by atoms with Gasteiger partial charge in [-0.1, -0.05) is 0 Å². The molecule has 0 aromatic carbocycles. The molecule has 4 atom stereocenters. The van der Waals surface area contributed by atoms with Gasteiger partial charge in [-0.2, -0.15) is 11.8 Å². The molecule has 0 aliphatic carbocycles. The molecule has 0 bridgehead atoms. The van der Waals surface area contributed by atoms with E-state index in [1.54, 1.807) is 0 Å². The summed E-state index contributed by atoms with van der Waals surface area (Å²) >= 11 is 1.52. The number of aromatic amines is 1. The van der Waals surface area contributed by atoms with E-state index in [4.69, 9.17) is 16.6 Å². The van der Waals surface area contributed by atoms with Gasteiger partial charge >= 0.3 is 11.9 Å². The lowest BCUT2D eigenvalue weighted by Crippen LogP contribution is -2.57. The Bertz CT molecular complexity index is 869. The number of nitrogens with two attached hydrogens (primary N) is 2. The number of H-pyrrole nitrogens is 1. The van der Waals surface area contributed by atoms with Crippen molar-refractivity contribution in [1.29, 1.82) is 0 Å². The van der Waals surface area contributed by atoms with E-state index in [1.165, 1.54) is 24.3 Å². The average molecular weight is 530 g/mol. The zero-order chi connectivity index (χ0) is 27.1. The van der Waals surface area contributed by atoms with Gasteiger partial charge in [0.15, 0.2) is 0 Å². The highest BCUT2D eigenvalue weighted by Crippen LogP contribution is 2.07. The van der Waals surface area contributed by atoms with Crippen LogP contribution in [-0.4, -0.2) is 92.6 Å². The van der Waals surface area contributed by atoms with Crippen LogP contribution in [0, 0.1) is 0 Å². The largest absolute Gasteiger partial charge is 0.481 e. The number of aromatic nitrogens is 2. The van der Waals surface area contributed by atoms with Crippen molar-refractivity contribution in [2.45, 2.75) is 62.7 Å². The van der Waals surface area contributed by atoms with E-state index >= 15 is 0 Å². The Balaban J connectivity index is 3.03. The summed E-state index contributed by atoms with van der Waals surface area (Å²) in [4.78, 5) is 67.6. The molecule has 1 rings (SSSR count). The number of hydrogen-bond donors (Lipinski definition) is 8. The number of carboxylic acids is 2. The van der Waals surface area contributed by atoms with Gasteiger partial charge in [-0.3, -0.25) is 19.2 Å². The Hall–Kier alpha value is -3.17. The first-order valence-electron chi connectivity index (χ1n) is 11.4. The molecular formula is C21H35N7O7S. The first-order valence-corrected chi connectivity index (χ1v) is 12.8. The summed E-state index contributed by atoms with van der Waals surface area (Å²) in [5.74, 6) is -4.39. The van der Waals surface area contributed by atoms with E-state index in [0.29, 0.717) is 37.3 Å². The van der Waals surface area contributed by atoms with E-state index in [0.717, 1.165) is 0 Å². The third-order valence-corrected chi connectivity index (χ3v) is 5.80. The number of hydrogen-bond acceptors (Lipinski definition) is 9. The third-order valence-electron chi connectivity index (χ3n) is 5.15. The Morgan fingerprint density at radius 2 is 1.64 bits per heavy atom. The maximum absolute atomic E-state index is 13.2. The number of nitrogens with zero attached hydrogens (tertiary/aromatic N) is 1. The Morgan fingerprint density at radius 3 is 2.19 bits per heavy atom. The molecule has 36 heavy (non-hydrogen) atoms. The average Bonchev–Trinajstić information content (AvgIpc) is 3.33. The summed E-state index contributed by atoms with van der Waals surface area (Å²) in [7, 11) is 0. The highest BCUT2D eigenvalue weighted by atomic mass is 32.2. The molecule has 0 radical (unpaired) electrons. The number of carboxylic acid groups (broad SMARTS) is 2. The molecule has 0 aliphatic heterocycles. The van der Waals surface area contributed by atoms with Crippen LogP contribution in [-0.2, 0) is 30.4 Å². The van der Waals surface area contributed by atoms with Gasteiger partial charge in [0.2, 0.25) is 17.7 Å². The second-order valence-corrected chi connectivity index (χ2v) is 9.06. The van der Waals surface area contributed by atoms with Gasteiger partial charge < -0.3 is 42.6 Å². The number of rotatable bonds is 18. The Morgan fingerprint density at radius 1 is 1.00 bits per heavy atom.